The number of nitrogen functional groups attached to an aromatic ring is 1. The molecule has 3 aromatic rings. The van der Waals surface area contributed by atoms with E-state index in [-0.39, 0.29) is 30.2 Å². The third kappa shape index (κ3) is 6.69. The van der Waals surface area contributed by atoms with Crippen molar-refractivity contribution in [2.75, 3.05) is 33.2 Å². The molecule has 30 heavy (non-hydrogen) atoms. The number of aromatic carboxylic acids is 2. The normalized spacial score (nSPS) is 10.0. The molecule has 3 rings (SSSR count). The van der Waals surface area contributed by atoms with E-state index < -0.39 is 18.0 Å². The Morgan fingerprint density at radius 1 is 1.13 bits per heavy atom. The van der Waals surface area contributed by atoms with Gasteiger partial charge in [-0.2, -0.15) is 10.2 Å². The molecule has 14 nitrogen and oxygen atoms in total. The molecular weight excluding hydrogens is 404 g/mol. The van der Waals surface area contributed by atoms with Crippen LogP contribution in [0.25, 0.3) is 5.65 Å². The lowest BCUT2D eigenvalue weighted by Gasteiger charge is -2.05. The van der Waals surface area contributed by atoms with E-state index >= 15 is 0 Å². The number of aromatic amines is 1. The number of carboxylic acid groups (broad SMARTS) is 2. The second-order valence-corrected chi connectivity index (χ2v) is 5.35. The summed E-state index contributed by atoms with van der Waals surface area (Å²) in [7, 11) is 2.95. The molecule has 14 heteroatoms. The number of ether oxygens (including phenoxy) is 2. The van der Waals surface area contributed by atoms with Crippen LogP contribution in [0.2, 0.25) is 0 Å². The summed E-state index contributed by atoms with van der Waals surface area (Å²) in [6.07, 6.45) is 5.03. The van der Waals surface area contributed by atoms with Gasteiger partial charge in [0.05, 0.1) is 45.1 Å². The number of H-pyrrole nitrogens is 1. The Morgan fingerprint density at radius 3 is 2.13 bits per heavy atom. The summed E-state index contributed by atoms with van der Waals surface area (Å²) in [5.74, 6) is -1.50. The second kappa shape index (κ2) is 11.9. The zero-order valence-electron chi connectivity index (χ0n) is 16.1. The molecule has 0 aromatic carbocycles. The van der Waals surface area contributed by atoms with Crippen molar-refractivity contribution in [2.24, 2.45) is 0 Å². The van der Waals surface area contributed by atoms with Crippen LogP contribution in [0, 0.1) is 0 Å². The van der Waals surface area contributed by atoms with E-state index in [4.69, 9.17) is 30.9 Å². The van der Waals surface area contributed by atoms with Crippen molar-refractivity contribution in [1.29, 1.82) is 0 Å². The van der Waals surface area contributed by atoms with Crippen LogP contribution in [-0.2, 0) is 4.74 Å². The lowest BCUT2D eigenvalue weighted by atomic mass is 10.3. The van der Waals surface area contributed by atoms with Gasteiger partial charge in [-0.15, -0.1) is 0 Å². The molecule has 0 aliphatic rings. The van der Waals surface area contributed by atoms with Crippen molar-refractivity contribution in [1.82, 2.24) is 24.8 Å². The molecule has 0 radical (unpaired) electrons. The van der Waals surface area contributed by atoms with E-state index in [9.17, 15) is 9.59 Å². The summed E-state index contributed by atoms with van der Waals surface area (Å²) in [5.41, 5.74) is 5.53. The van der Waals surface area contributed by atoms with Gasteiger partial charge in [0.15, 0.2) is 11.4 Å². The van der Waals surface area contributed by atoms with Crippen LogP contribution >= 0.6 is 0 Å². The molecule has 3 heterocycles. The van der Waals surface area contributed by atoms with E-state index in [1.54, 1.807) is 6.20 Å². The van der Waals surface area contributed by atoms with Crippen molar-refractivity contribution in [2.45, 2.75) is 6.10 Å². The van der Waals surface area contributed by atoms with Gasteiger partial charge in [0.25, 0.3) is 0 Å². The molecule has 0 spiro atoms. The topological polar surface area (TPSA) is 218 Å². The number of nitrogens with zero attached hydrogens (tertiary/aromatic N) is 4. The van der Waals surface area contributed by atoms with Crippen LogP contribution in [-0.4, -0.2) is 90.7 Å². The molecule has 0 aliphatic carbocycles. The number of nitrogens with two attached hydrogens (primary N) is 1. The van der Waals surface area contributed by atoms with Gasteiger partial charge < -0.3 is 35.6 Å². The number of carbonyl (C=O) groups is 2. The molecule has 164 valence electrons. The SMILES string of the molecule is COC(CO)CO.COc1cnc2c(C(=O)O)cnn2c1.Nc1[nH]ncc1C(=O)O. The van der Waals surface area contributed by atoms with E-state index in [0.717, 1.165) is 6.20 Å². The van der Waals surface area contributed by atoms with Gasteiger partial charge in [-0.25, -0.2) is 19.1 Å². The molecule has 7 N–H and O–H groups in total. The average Bonchev–Trinajstić information content (AvgIpc) is 3.36. The van der Waals surface area contributed by atoms with Gasteiger partial charge in [0.1, 0.15) is 23.0 Å². The van der Waals surface area contributed by atoms with E-state index in [0.29, 0.717) is 11.4 Å². The van der Waals surface area contributed by atoms with Gasteiger partial charge in [-0.3, -0.25) is 5.10 Å². The monoisotopic (exact) mass is 426 g/mol. The van der Waals surface area contributed by atoms with Crippen LogP contribution in [0.1, 0.15) is 20.7 Å². The van der Waals surface area contributed by atoms with Crippen LogP contribution in [0.5, 0.6) is 5.75 Å². The van der Waals surface area contributed by atoms with Gasteiger partial charge >= 0.3 is 11.9 Å². The molecule has 0 saturated carbocycles. The van der Waals surface area contributed by atoms with Gasteiger partial charge in [-0.1, -0.05) is 0 Å². The maximum absolute atomic E-state index is 10.7. The first kappa shape index (κ1) is 24.3. The number of fused-ring (bicyclic) bond motifs is 1. The molecule has 0 aliphatic heterocycles. The smallest absolute Gasteiger partial charge is 0.341 e. The summed E-state index contributed by atoms with van der Waals surface area (Å²) in [6, 6.07) is 0. The number of hydrogen-bond acceptors (Lipinski definition) is 10. The summed E-state index contributed by atoms with van der Waals surface area (Å²) < 4.78 is 10.8. The van der Waals surface area contributed by atoms with Crippen LogP contribution in [0.15, 0.2) is 24.8 Å². The van der Waals surface area contributed by atoms with Gasteiger partial charge in [0.2, 0.25) is 0 Å². The van der Waals surface area contributed by atoms with Crippen molar-refractivity contribution < 1.29 is 39.5 Å². The molecule has 0 saturated heterocycles. The Kier molecular flexibility index (Phi) is 9.67. The Bertz CT molecular complexity index is 947. The Balaban J connectivity index is 0.000000244. The fourth-order valence-corrected chi connectivity index (χ4v) is 1.79. The Labute approximate surface area is 169 Å². The summed E-state index contributed by atoms with van der Waals surface area (Å²) >= 11 is 0. The second-order valence-electron chi connectivity index (χ2n) is 5.35. The number of rotatable bonds is 6. The quantitative estimate of drug-likeness (QED) is 0.283. The highest BCUT2D eigenvalue weighted by Gasteiger charge is 2.12. The molecule has 0 atom stereocenters. The van der Waals surface area contributed by atoms with Crippen LogP contribution in [0.4, 0.5) is 5.82 Å². The van der Waals surface area contributed by atoms with E-state index in [1.165, 1.54) is 31.1 Å². The molecule has 0 bridgehead atoms. The number of aliphatic hydroxyl groups excluding tert-OH is 2. The minimum Gasteiger partial charge on any atom is -0.494 e. The number of methoxy groups -OCH3 is 2. The third-order valence-electron chi connectivity index (χ3n) is 3.44. The van der Waals surface area contributed by atoms with E-state index in [1.807, 2.05) is 0 Å². The summed E-state index contributed by atoms with van der Waals surface area (Å²) in [6.45, 7) is -0.236. The lowest BCUT2D eigenvalue weighted by molar-refractivity contribution is 0.00933. The maximum Gasteiger partial charge on any atom is 0.341 e. The van der Waals surface area contributed by atoms with Crippen LogP contribution < -0.4 is 10.5 Å². The fraction of sp³-hybridized carbons (Fsp3) is 0.312. The number of anilines is 1. The number of aliphatic hydroxyl groups is 2. The first-order chi connectivity index (χ1) is 14.3. The van der Waals surface area contributed by atoms with Gasteiger partial charge in [0, 0.05) is 7.11 Å². The lowest BCUT2D eigenvalue weighted by Crippen LogP contribution is -2.19. The largest absolute Gasteiger partial charge is 0.494 e. The molecule has 0 amide bonds. The number of carboxylic acids is 2. The number of hydrogen-bond donors (Lipinski definition) is 6. The Morgan fingerprint density at radius 2 is 1.77 bits per heavy atom. The van der Waals surface area contributed by atoms with Gasteiger partial charge in [-0.05, 0) is 0 Å². The average molecular weight is 426 g/mol. The number of nitrogens with one attached hydrogen (secondary N) is 1. The zero-order chi connectivity index (χ0) is 22.7. The maximum atomic E-state index is 10.7. The summed E-state index contributed by atoms with van der Waals surface area (Å²) in [5, 5.41) is 43.1. The third-order valence-corrected chi connectivity index (χ3v) is 3.44. The van der Waals surface area contributed by atoms with Crippen molar-refractivity contribution in [3.63, 3.8) is 0 Å². The standard InChI is InChI=1S/C8H7N3O3.C4H5N3O2.C4H10O3/c1-14-5-2-9-7-6(8(12)13)3-10-11(7)4-5;5-3-2(4(8)9)1-6-7-3;1-7-4(2-5)3-6/h2-4H,1H3,(H,12,13);1H,(H,8,9)(H3,5,6,7);4-6H,2-3H2,1H3. The van der Waals surface area contributed by atoms with Crippen molar-refractivity contribution >= 4 is 23.4 Å². The predicted octanol–water partition coefficient (Wildman–Crippen LogP) is -0.888. The molecule has 3 aromatic heterocycles. The highest BCUT2D eigenvalue weighted by atomic mass is 16.5. The minimum atomic E-state index is -1.07. The predicted molar refractivity (Wildman–Crippen MR) is 101 cm³/mol. The highest BCUT2D eigenvalue weighted by molar-refractivity contribution is 5.94. The van der Waals surface area contributed by atoms with Crippen molar-refractivity contribution in [3.05, 3.63) is 35.9 Å². The Hall–Kier alpha value is -3.75. The first-order valence-corrected chi connectivity index (χ1v) is 8.16. The summed E-state index contributed by atoms with van der Waals surface area (Å²) in [4.78, 5) is 24.8. The zero-order valence-corrected chi connectivity index (χ0v) is 16.1. The fourth-order valence-electron chi connectivity index (χ4n) is 1.79. The minimum absolute atomic E-state index is 0.00926. The molecular formula is C16H22N6O8. The van der Waals surface area contributed by atoms with Crippen LogP contribution in [0.3, 0.4) is 0 Å². The molecule has 0 unspecified atom stereocenters. The molecule has 0 fully saturated rings. The number of aromatic nitrogens is 5. The highest BCUT2D eigenvalue weighted by Crippen LogP contribution is 2.12. The van der Waals surface area contributed by atoms with Crippen molar-refractivity contribution in [3.8, 4) is 5.75 Å². The van der Waals surface area contributed by atoms with E-state index in [2.05, 4.69) is 25.0 Å². The first-order valence-electron chi connectivity index (χ1n) is 8.16.